The molecule has 2 aromatic heterocycles. The fraction of sp³-hybridized carbons (Fsp3) is 0.263. The van der Waals surface area contributed by atoms with Gasteiger partial charge in [0.25, 0.3) is 0 Å². The molecule has 0 spiro atoms. The van der Waals surface area contributed by atoms with Crippen molar-refractivity contribution in [3.05, 3.63) is 70.0 Å². The van der Waals surface area contributed by atoms with Crippen LogP contribution in [0.5, 0.6) is 6.01 Å². The third kappa shape index (κ3) is 4.25. The second kappa shape index (κ2) is 7.75. The number of ether oxygens (including phenoxy) is 2. The van der Waals surface area contributed by atoms with Gasteiger partial charge in [-0.05, 0) is 29.2 Å². The molecule has 1 aromatic carbocycles. The number of imidazole rings is 1. The lowest BCUT2D eigenvalue weighted by molar-refractivity contribution is -0.389. The van der Waals surface area contributed by atoms with E-state index in [2.05, 4.69) is 9.97 Å². The number of nitro groups is 1. The summed E-state index contributed by atoms with van der Waals surface area (Å²) in [5.41, 5.74) is 0.954. The zero-order valence-electron chi connectivity index (χ0n) is 15.4. The molecule has 0 saturated carbocycles. The number of rotatable bonds is 5. The van der Waals surface area contributed by atoms with E-state index in [-0.39, 0.29) is 31.1 Å². The lowest BCUT2D eigenvalue weighted by Gasteiger charge is -2.22. The Hall–Kier alpha value is -3.47. The second-order valence-electron chi connectivity index (χ2n) is 6.62. The van der Waals surface area contributed by atoms with Crippen LogP contribution in [0, 0.1) is 10.1 Å². The molecule has 8 nitrogen and oxygen atoms in total. The van der Waals surface area contributed by atoms with Crippen LogP contribution in [0.1, 0.15) is 11.3 Å². The van der Waals surface area contributed by atoms with E-state index in [9.17, 15) is 23.3 Å². The standard InChI is InChI=1S/C19H15F3N4O4/c20-19(21,22)13-6-4-12(5-7-13)16-3-1-2-14(23-16)10-29-15-8-25-9-17(26(27)28)24-18(25)30-11-15/h1-7,9,15H,8,10-11H2/t15-/m0/s1. The van der Waals surface area contributed by atoms with Crippen LogP contribution in [0.2, 0.25) is 0 Å². The molecule has 4 rings (SSSR count). The third-order valence-corrected chi connectivity index (χ3v) is 4.49. The highest BCUT2D eigenvalue weighted by molar-refractivity contribution is 5.59. The molecule has 0 aliphatic carbocycles. The van der Waals surface area contributed by atoms with Gasteiger partial charge in [-0.2, -0.15) is 13.2 Å². The summed E-state index contributed by atoms with van der Waals surface area (Å²) in [7, 11) is 0. The van der Waals surface area contributed by atoms with Crippen molar-refractivity contribution in [3.8, 4) is 17.3 Å². The van der Waals surface area contributed by atoms with Crippen LogP contribution in [-0.4, -0.2) is 32.2 Å². The Morgan fingerprint density at radius 1 is 1.20 bits per heavy atom. The van der Waals surface area contributed by atoms with E-state index in [1.807, 2.05) is 0 Å². The van der Waals surface area contributed by atoms with Gasteiger partial charge in [0, 0.05) is 10.5 Å². The number of hydrogen-bond donors (Lipinski definition) is 0. The molecule has 1 aliphatic heterocycles. The summed E-state index contributed by atoms with van der Waals surface area (Å²) in [5, 5.41) is 10.8. The molecule has 0 N–H and O–H groups in total. The summed E-state index contributed by atoms with van der Waals surface area (Å²) in [5.74, 6) is -0.295. The van der Waals surface area contributed by atoms with Crippen LogP contribution in [0.25, 0.3) is 11.3 Å². The maximum Gasteiger partial charge on any atom is 0.416 e. The summed E-state index contributed by atoms with van der Waals surface area (Å²) in [6.45, 7) is 0.677. The minimum absolute atomic E-state index is 0.147. The van der Waals surface area contributed by atoms with Crippen molar-refractivity contribution in [2.24, 2.45) is 0 Å². The molecule has 3 aromatic rings. The Balaban J connectivity index is 1.41. The molecular formula is C19H15F3N4O4. The van der Waals surface area contributed by atoms with Crippen LogP contribution >= 0.6 is 0 Å². The van der Waals surface area contributed by atoms with Crippen LogP contribution in [0.3, 0.4) is 0 Å². The molecule has 1 aliphatic rings. The molecule has 30 heavy (non-hydrogen) atoms. The van der Waals surface area contributed by atoms with Gasteiger partial charge in [-0.3, -0.25) is 9.55 Å². The van der Waals surface area contributed by atoms with Crippen molar-refractivity contribution in [1.29, 1.82) is 0 Å². The van der Waals surface area contributed by atoms with E-state index in [1.54, 1.807) is 18.2 Å². The van der Waals surface area contributed by atoms with Crippen LogP contribution in [0.15, 0.2) is 48.7 Å². The second-order valence-corrected chi connectivity index (χ2v) is 6.62. The fourth-order valence-corrected chi connectivity index (χ4v) is 3.01. The molecule has 0 amide bonds. The van der Waals surface area contributed by atoms with Gasteiger partial charge in [-0.1, -0.05) is 18.2 Å². The van der Waals surface area contributed by atoms with E-state index in [4.69, 9.17) is 9.47 Å². The van der Waals surface area contributed by atoms with Gasteiger partial charge in [0.1, 0.15) is 18.9 Å². The predicted molar refractivity (Wildman–Crippen MR) is 97.6 cm³/mol. The smallest absolute Gasteiger partial charge is 0.416 e. The average Bonchev–Trinajstić information content (AvgIpc) is 3.16. The van der Waals surface area contributed by atoms with Crippen LogP contribution < -0.4 is 4.74 Å². The number of fused-ring (bicyclic) bond motifs is 1. The largest absolute Gasteiger partial charge is 0.443 e. The SMILES string of the molecule is O=[N+]([O-])c1cn2c(n1)OC[C@@H](OCc1cccc(-c3ccc(C(F)(F)F)cc3)n1)C2. The summed E-state index contributed by atoms with van der Waals surface area (Å²) in [4.78, 5) is 18.4. The van der Waals surface area contributed by atoms with Gasteiger partial charge in [0.15, 0.2) is 0 Å². The minimum Gasteiger partial charge on any atom is -0.443 e. The van der Waals surface area contributed by atoms with Crippen molar-refractivity contribution < 1.29 is 27.6 Å². The van der Waals surface area contributed by atoms with Gasteiger partial charge in [0.2, 0.25) is 0 Å². The van der Waals surface area contributed by atoms with Crippen LogP contribution in [0.4, 0.5) is 19.0 Å². The number of hydrogen-bond acceptors (Lipinski definition) is 6. The average molecular weight is 420 g/mol. The maximum atomic E-state index is 12.7. The zero-order valence-corrected chi connectivity index (χ0v) is 15.4. The molecular weight excluding hydrogens is 405 g/mol. The molecule has 0 bridgehead atoms. The molecule has 0 fully saturated rings. The highest BCUT2D eigenvalue weighted by atomic mass is 19.4. The first kappa shape index (κ1) is 19.8. The number of benzene rings is 1. The summed E-state index contributed by atoms with van der Waals surface area (Å²) in [6, 6.07) is 10.1. The topological polar surface area (TPSA) is 92.3 Å². The zero-order chi connectivity index (χ0) is 21.3. The van der Waals surface area contributed by atoms with E-state index in [1.165, 1.54) is 22.9 Å². The Bertz CT molecular complexity index is 1070. The molecule has 11 heteroatoms. The first-order valence-electron chi connectivity index (χ1n) is 8.89. The summed E-state index contributed by atoms with van der Waals surface area (Å²) >= 11 is 0. The molecule has 0 saturated heterocycles. The highest BCUT2D eigenvalue weighted by Gasteiger charge is 2.30. The quantitative estimate of drug-likeness (QED) is 0.460. The Morgan fingerprint density at radius 3 is 2.67 bits per heavy atom. The highest BCUT2D eigenvalue weighted by Crippen LogP contribution is 2.30. The Morgan fingerprint density at radius 2 is 1.97 bits per heavy atom. The lowest BCUT2D eigenvalue weighted by Crippen LogP contribution is -2.32. The van der Waals surface area contributed by atoms with Gasteiger partial charge < -0.3 is 19.6 Å². The number of nitrogens with zero attached hydrogens (tertiary/aromatic N) is 4. The van der Waals surface area contributed by atoms with Crippen molar-refractivity contribution in [1.82, 2.24) is 14.5 Å². The summed E-state index contributed by atoms with van der Waals surface area (Å²) < 4.78 is 50.9. The monoisotopic (exact) mass is 420 g/mol. The van der Waals surface area contributed by atoms with Gasteiger partial charge >= 0.3 is 18.0 Å². The third-order valence-electron chi connectivity index (χ3n) is 4.49. The lowest BCUT2D eigenvalue weighted by atomic mass is 10.1. The molecule has 156 valence electrons. The molecule has 1 atom stereocenters. The maximum absolute atomic E-state index is 12.7. The van der Waals surface area contributed by atoms with Crippen LogP contribution in [-0.2, 0) is 24.1 Å². The van der Waals surface area contributed by atoms with E-state index in [0.29, 0.717) is 23.5 Å². The van der Waals surface area contributed by atoms with Gasteiger partial charge in [-0.25, -0.2) is 0 Å². The molecule has 0 unspecified atom stereocenters. The predicted octanol–water partition coefficient (Wildman–Crippen LogP) is 3.85. The molecule has 3 heterocycles. The van der Waals surface area contributed by atoms with Crippen molar-refractivity contribution in [2.45, 2.75) is 25.4 Å². The van der Waals surface area contributed by atoms with Crippen molar-refractivity contribution in [2.75, 3.05) is 6.61 Å². The normalized spacial score (nSPS) is 16.0. The fourth-order valence-electron chi connectivity index (χ4n) is 3.01. The molecule has 0 radical (unpaired) electrons. The van der Waals surface area contributed by atoms with Crippen molar-refractivity contribution >= 4 is 5.82 Å². The van der Waals surface area contributed by atoms with Gasteiger partial charge in [0.05, 0.1) is 30.1 Å². The Kier molecular flexibility index (Phi) is 5.12. The minimum atomic E-state index is -4.39. The number of alkyl halides is 3. The van der Waals surface area contributed by atoms with Gasteiger partial charge in [-0.15, -0.1) is 0 Å². The van der Waals surface area contributed by atoms with E-state index < -0.39 is 16.7 Å². The van der Waals surface area contributed by atoms with E-state index >= 15 is 0 Å². The number of halogens is 3. The van der Waals surface area contributed by atoms with Crippen molar-refractivity contribution in [3.63, 3.8) is 0 Å². The first-order valence-corrected chi connectivity index (χ1v) is 8.89. The summed E-state index contributed by atoms with van der Waals surface area (Å²) in [6.07, 6.45) is -3.46. The number of aromatic nitrogens is 3. The van der Waals surface area contributed by atoms with E-state index in [0.717, 1.165) is 12.1 Å². The number of pyridine rings is 1. The Labute approximate surface area is 168 Å². The first-order chi connectivity index (χ1) is 14.3.